The lowest BCUT2D eigenvalue weighted by Gasteiger charge is -2.18. The van der Waals surface area contributed by atoms with E-state index in [4.69, 9.17) is 14.2 Å². The molecule has 0 saturated heterocycles. The van der Waals surface area contributed by atoms with Gasteiger partial charge in [0.1, 0.15) is 13.2 Å². The van der Waals surface area contributed by atoms with Gasteiger partial charge in [-0.3, -0.25) is 14.4 Å². The second-order valence-electron chi connectivity index (χ2n) is 16.6. The molecule has 0 radical (unpaired) electrons. The Morgan fingerprint density at radius 2 is 0.648 bits per heavy atom. The predicted octanol–water partition coefficient (Wildman–Crippen LogP) is 15.1. The Kier molecular flexibility index (Phi) is 41.3. The van der Waals surface area contributed by atoms with E-state index in [1.165, 1.54) is 154 Å². The number of hydrogen-bond acceptors (Lipinski definition) is 6. The minimum absolute atomic E-state index is 0.0650. The fourth-order valence-corrected chi connectivity index (χ4v) is 7.12. The van der Waals surface area contributed by atoms with Gasteiger partial charge in [0.05, 0.1) is 0 Å². The van der Waals surface area contributed by atoms with E-state index in [2.05, 4.69) is 27.7 Å². The topological polar surface area (TPSA) is 78.9 Å². The molecule has 0 amide bonds. The Balaban J connectivity index is 3.98. The first kappa shape index (κ1) is 52.4. The van der Waals surface area contributed by atoms with E-state index in [9.17, 15) is 14.4 Å². The first-order valence-electron chi connectivity index (χ1n) is 23.9. The van der Waals surface area contributed by atoms with Crippen LogP contribution in [-0.2, 0) is 28.6 Å². The van der Waals surface area contributed by atoms with E-state index >= 15 is 0 Å². The summed E-state index contributed by atoms with van der Waals surface area (Å²) in [6, 6.07) is 0. The van der Waals surface area contributed by atoms with E-state index in [1.54, 1.807) is 0 Å². The quantitative estimate of drug-likeness (QED) is 0.0349. The van der Waals surface area contributed by atoms with Crippen LogP contribution in [0.25, 0.3) is 0 Å². The third-order valence-electron chi connectivity index (χ3n) is 11.2. The zero-order valence-corrected chi connectivity index (χ0v) is 36.7. The number of unbranched alkanes of at least 4 members (excludes halogenated alkanes) is 29. The molecule has 2 atom stereocenters. The highest BCUT2D eigenvalue weighted by atomic mass is 16.6. The molecule has 0 heterocycles. The Morgan fingerprint density at radius 1 is 0.370 bits per heavy atom. The molecular weight excluding hydrogens is 673 g/mol. The Bertz CT molecular complexity index is 813. The molecule has 0 saturated carbocycles. The van der Waals surface area contributed by atoms with Crippen LogP contribution < -0.4 is 0 Å². The van der Waals surface area contributed by atoms with Crippen LogP contribution in [0.3, 0.4) is 0 Å². The van der Waals surface area contributed by atoms with Crippen LogP contribution in [0.4, 0.5) is 0 Å². The zero-order valence-electron chi connectivity index (χ0n) is 36.7. The molecule has 0 rings (SSSR count). The summed E-state index contributed by atoms with van der Waals surface area (Å²) >= 11 is 0. The summed E-state index contributed by atoms with van der Waals surface area (Å²) in [6.45, 7) is 8.96. The van der Waals surface area contributed by atoms with E-state index < -0.39 is 6.10 Å². The lowest BCUT2D eigenvalue weighted by molar-refractivity contribution is -0.167. The number of rotatable bonds is 43. The van der Waals surface area contributed by atoms with Gasteiger partial charge in [-0.2, -0.15) is 0 Å². The van der Waals surface area contributed by atoms with Gasteiger partial charge in [-0.25, -0.2) is 0 Å². The molecular formula is C48H92O6. The summed E-state index contributed by atoms with van der Waals surface area (Å²) in [7, 11) is 0. The lowest BCUT2D eigenvalue weighted by atomic mass is 9.99. The fraction of sp³-hybridized carbons (Fsp3) is 0.938. The van der Waals surface area contributed by atoms with Crippen molar-refractivity contribution in [2.75, 3.05) is 13.2 Å². The van der Waals surface area contributed by atoms with Crippen molar-refractivity contribution in [1.29, 1.82) is 0 Å². The third kappa shape index (κ3) is 40.1. The molecule has 6 heteroatoms. The molecule has 1 unspecified atom stereocenters. The average molecular weight is 765 g/mol. The summed E-state index contributed by atoms with van der Waals surface area (Å²) in [5.74, 6) is 0.0402. The summed E-state index contributed by atoms with van der Waals surface area (Å²) in [4.78, 5) is 37.4. The van der Waals surface area contributed by atoms with Crippen molar-refractivity contribution in [3.63, 3.8) is 0 Å². The molecule has 0 aliphatic rings. The second-order valence-corrected chi connectivity index (χ2v) is 16.6. The third-order valence-corrected chi connectivity index (χ3v) is 11.2. The number of carbonyl (C=O) groups is 3. The van der Waals surface area contributed by atoms with Gasteiger partial charge < -0.3 is 14.2 Å². The molecule has 0 N–H and O–H groups in total. The molecule has 0 aromatic heterocycles. The second kappa shape index (κ2) is 42.6. The first-order chi connectivity index (χ1) is 26.4. The van der Waals surface area contributed by atoms with Crippen LogP contribution >= 0.6 is 0 Å². The van der Waals surface area contributed by atoms with Crippen molar-refractivity contribution in [3.05, 3.63) is 0 Å². The number of ether oxygens (including phenoxy) is 3. The molecule has 6 nitrogen and oxygen atoms in total. The van der Waals surface area contributed by atoms with Crippen LogP contribution in [-0.4, -0.2) is 37.2 Å². The molecule has 0 aliphatic heterocycles. The predicted molar refractivity (Wildman–Crippen MR) is 229 cm³/mol. The normalized spacial score (nSPS) is 12.4. The van der Waals surface area contributed by atoms with Crippen molar-refractivity contribution in [1.82, 2.24) is 0 Å². The van der Waals surface area contributed by atoms with Crippen LogP contribution in [0.15, 0.2) is 0 Å². The van der Waals surface area contributed by atoms with Gasteiger partial charge in [0, 0.05) is 19.3 Å². The Morgan fingerprint density at radius 3 is 0.963 bits per heavy atom. The maximum atomic E-state index is 12.5. The first-order valence-corrected chi connectivity index (χ1v) is 23.9. The summed E-state index contributed by atoms with van der Waals surface area (Å²) < 4.78 is 16.6. The smallest absolute Gasteiger partial charge is 0.306 e. The standard InChI is InChI=1S/C48H92O6/c1-5-8-10-12-13-24-28-32-35-39-46(49)52-42-45(54-48(51)41-37-30-11-9-6-2)43-53-47(50)40-36-33-29-26-23-21-19-17-15-14-16-18-20-22-25-27-31-34-38-44(4)7-3/h44-45H,5-43H2,1-4H3/t44?,45-/m0/s1. The van der Waals surface area contributed by atoms with Gasteiger partial charge in [-0.15, -0.1) is 0 Å². The Labute approximate surface area is 336 Å². The summed E-state index contributed by atoms with van der Waals surface area (Å²) in [5, 5.41) is 0. The van der Waals surface area contributed by atoms with Gasteiger partial charge in [-0.1, -0.05) is 227 Å². The summed E-state index contributed by atoms with van der Waals surface area (Å²) in [6.07, 6.45) is 42.7. The maximum absolute atomic E-state index is 12.5. The van der Waals surface area contributed by atoms with Crippen LogP contribution in [0, 0.1) is 5.92 Å². The Hall–Kier alpha value is -1.59. The minimum atomic E-state index is -0.756. The van der Waals surface area contributed by atoms with Gasteiger partial charge in [0.2, 0.25) is 0 Å². The maximum Gasteiger partial charge on any atom is 0.306 e. The van der Waals surface area contributed by atoms with E-state index in [0.717, 1.165) is 70.1 Å². The highest BCUT2D eigenvalue weighted by Gasteiger charge is 2.19. The molecule has 0 spiro atoms. The van der Waals surface area contributed by atoms with E-state index in [0.29, 0.717) is 19.3 Å². The molecule has 0 aromatic carbocycles. The highest BCUT2D eigenvalue weighted by molar-refractivity contribution is 5.71. The molecule has 0 fully saturated rings. The molecule has 0 aliphatic carbocycles. The zero-order chi connectivity index (χ0) is 39.6. The molecule has 320 valence electrons. The van der Waals surface area contributed by atoms with Crippen molar-refractivity contribution in [2.24, 2.45) is 5.92 Å². The number of esters is 3. The van der Waals surface area contributed by atoms with Crippen molar-refractivity contribution in [2.45, 2.75) is 271 Å². The average Bonchev–Trinajstić information content (AvgIpc) is 3.17. The highest BCUT2D eigenvalue weighted by Crippen LogP contribution is 2.17. The largest absolute Gasteiger partial charge is 0.462 e. The number of carbonyl (C=O) groups excluding carboxylic acids is 3. The molecule has 0 bridgehead atoms. The fourth-order valence-electron chi connectivity index (χ4n) is 7.12. The monoisotopic (exact) mass is 765 g/mol. The lowest BCUT2D eigenvalue weighted by Crippen LogP contribution is -2.30. The van der Waals surface area contributed by atoms with Crippen molar-refractivity contribution >= 4 is 17.9 Å². The van der Waals surface area contributed by atoms with Crippen LogP contribution in [0.2, 0.25) is 0 Å². The van der Waals surface area contributed by atoms with Crippen LogP contribution in [0.1, 0.15) is 265 Å². The van der Waals surface area contributed by atoms with Gasteiger partial charge in [0.25, 0.3) is 0 Å². The summed E-state index contributed by atoms with van der Waals surface area (Å²) in [5.41, 5.74) is 0. The SMILES string of the molecule is CCCCCCCCCCCC(=O)OC[C@@H](COC(=O)CCCCCCCCCCCCCCCCCCCCC(C)CC)OC(=O)CCCCCCC. The van der Waals surface area contributed by atoms with E-state index in [1.807, 2.05) is 0 Å². The van der Waals surface area contributed by atoms with Gasteiger partial charge in [-0.05, 0) is 25.2 Å². The van der Waals surface area contributed by atoms with Crippen molar-refractivity contribution < 1.29 is 28.6 Å². The van der Waals surface area contributed by atoms with Gasteiger partial charge >= 0.3 is 17.9 Å². The van der Waals surface area contributed by atoms with Crippen LogP contribution in [0.5, 0.6) is 0 Å². The molecule has 54 heavy (non-hydrogen) atoms. The van der Waals surface area contributed by atoms with Gasteiger partial charge in [0.15, 0.2) is 6.10 Å². The minimum Gasteiger partial charge on any atom is -0.462 e. The number of hydrogen-bond donors (Lipinski definition) is 0. The van der Waals surface area contributed by atoms with E-state index in [-0.39, 0.29) is 31.1 Å². The molecule has 0 aromatic rings. The van der Waals surface area contributed by atoms with Crippen molar-refractivity contribution in [3.8, 4) is 0 Å².